The topological polar surface area (TPSA) is 117 Å². The Hall–Kier alpha value is -4.14. The van der Waals surface area contributed by atoms with Gasteiger partial charge in [0.1, 0.15) is 5.54 Å². The largest absolute Gasteiger partial charge is 0.463 e. The second kappa shape index (κ2) is 8.33. The fourth-order valence-electron chi connectivity index (χ4n) is 4.98. The first kappa shape index (κ1) is 21.7. The lowest BCUT2D eigenvalue weighted by molar-refractivity contribution is -0.139. The van der Waals surface area contributed by atoms with Crippen LogP contribution in [0.3, 0.4) is 0 Å². The number of rotatable bonds is 5. The van der Waals surface area contributed by atoms with E-state index in [2.05, 4.69) is 16.0 Å². The van der Waals surface area contributed by atoms with Crippen molar-refractivity contribution < 1.29 is 23.9 Å². The van der Waals surface area contributed by atoms with Crippen LogP contribution in [-0.2, 0) is 26.3 Å². The number of nitrogens with zero attached hydrogens (tertiary/aromatic N) is 1. The van der Waals surface area contributed by atoms with Gasteiger partial charge < -0.3 is 20.7 Å². The summed E-state index contributed by atoms with van der Waals surface area (Å²) in [5.41, 5.74) is 1.66. The Morgan fingerprint density at radius 3 is 2.59 bits per heavy atom. The van der Waals surface area contributed by atoms with E-state index in [1.165, 1.54) is 0 Å². The van der Waals surface area contributed by atoms with Crippen LogP contribution in [0, 0.1) is 0 Å². The summed E-state index contributed by atoms with van der Waals surface area (Å²) in [6, 6.07) is 14.6. The lowest BCUT2D eigenvalue weighted by Gasteiger charge is -2.30. The molecule has 2 aromatic carbocycles. The minimum atomic E-state index is -1.13. The van der Waals surface area contributed by atoms with Gasteiger partial charge in [0.25, 0.3) is 5.91 Å². The van der Waals surface area contributed by atoms with Crippen LogP contribution in [0.5, 0.6) is 0 Å². The van der Waals surface area contributed by atoms with Gasteiger partial charge in [0, 0.05) is 0 Å². The van der Waals surface area contributed by atoms with Gasteiger partial charge >= 0.3 is 18.0 Å². The van der Waals surface area contributed by atoms with E-state index in [0.717, 1.165) is 16.0 Å². The number of hydrogen-bond acceptors (Lipinski definition) is 5. The number of hydrogen-bond donors (Lipinski definition) is 3. The zero-order valence-corrected chi connectivity index (χ0v) is 18.6. The van der Waals surface area contributed by atoms with Crippen molar-refractivity contribution in [2.24, 2.45) is 0 Å². The summed E-state index contributed by atoms with van der Waals surface area (Å²) in [4.78, 5) is 53.1. The number of amides is 5. The molecule has 1 spiro atoms. The fraction of sp³-hybridized carbons (Fsp3) is 0.280. The van der Waals surface area contributed by atoms with Crippen molar-refractivity contribution in [3.8, 4) is 0 Å². The van der Waals surface area contributed by atoms with E-state index in [-0.39, 0.29) is 24.4 Å². The van der Waals surface area contributed by atoms with Crippen LogP contribution in [0.2, 0.25) is 0 Å². The first-order valence-electron chi connectivity index (χ1n) is 11.2. The number of aryl methyl sites for hydroxylation is 1. The minimum Gasteiger partial charge on any atom is -0.463 e. The highest BCUT2D eigenvalue weighted by molar-refractivity contribution is 6.08. The molecular weight excluding hydrogens is 436 g/mol. The third kappa shape index (κ3) is 3.40. The van der Waals surface area contributed by atoms with E-state index in [4.69, 9.17) is 4.74 Å². The van der Waals surface area contributed by atoms with Crippen LogP contribution in [0.4, 0.5) is 9.59 Å². The predicted molar refractivity (Wildman–Crippen MR) is 121 cm³/mol. The Balaban J connectivity index is 1.53. The number of urea groups is 2. The van der Waals surface area contributed by atoms with Crippen molar-refractivity contribution in [2.75, 3.05) is 13.2 Å². The Morgan fingerprint density at radius 1 is 1.09 bits per heavy atom. The van der Waals surface area contributed by atoms with Crippen LogP contribution >= 0.6 is 0 Å². The molecule has 1 aliphatic carbocycles. The molecule has 9 heteroatoms. The number of imide groups is 1. The molecular formula is C25H24N4O5. The van der Waals surface area contributed by atoms with Gasteiger partial charge in [-0.1, -0.05) is 54.6 Å². The summed E-state index contributed by atoms with van der Waals surface area (Å²) in [7, 11) is 0. The number of benzene rings is 2. The summed E-state index contributed by atoms with van der Waals surface area (Å²) < 4.78 is 5.26. The molecule has 34 heavy (non-hydrogen) atoms. The third-order valence-electron chi connectivity index (χ3n) is 6.52. The Labute approximate surface area is 196 Å². The highest BCUT2D eigenvalue weighted by atomic mass is 16.5. The summed E-state index contributed by atoms with van der Waals surface area (Å²) in [5.74, 6) is -1.03. The smallest absolute Gasteiger partial charge is 0.338 e. The van der Waals surface area contributed by atoms with E-state index in [1.54, 1.807) is 31.2 Å². The van der Waals surface area contributed by atoms with Crippen LogP contribution in [0.15, 0.2) is 65.9 Å². The normalized spacial score (nSPS) is 23.5. The maximum absolute atomic E-state index is 13.6. The van der Waals surface area contributed by atoms with Gasteiger partial charge in [0.05, 0.1) is 30.5 Å². The van der Waals surface area contributed by atoms with E-state index < -0.39 is 35.5 Å². The predicted octanol–water partition coefficient (Wildman–Crippen LogP) is 2.25. The number of carbonyl (C=O) groups is 4. The number of carbonyl (C=O) groups excluding carboxylic acids is 4. The standard InChI is InChI=1S/C25H24N4O5/c1-2-34-21(30)19-18(26-23(32)27-20(19)16-9-4-3-5-10-16)14-29-22(31)25(28-24(29)33)13-12-15-8-6-7-11-17(15)25/h3-11,20H,2,12-14H2,1H3,(H,28,33)(H2,26,27,32). The Morgan fingerprint density at radius 2 is 1.82 bits per heavy atom. The molecule has 2 aromatic rings. The molecule has 0 saturated carbocycles. The van der Waals surface area contributed by atoms with Gasteiger partial charge in [0.2, 0.25) is 0 Å². The fourth-order valence-corrected chi connectivity index (χ4v) is 4.98. The molecule has 9 nitrogen and oxygen atoms in total. The number of esters is 1. The van der Waals surface area contributed by atoms with Crippen molar-refractivity contribution in [1.29, 1.82) is 0 Å². The zero-order valence-electron chi connectivity index (χ0n) is 18.6. The van der Waals surface area contributed by atoms with Gasteiger partial charge in [-0.25, -0.2) is 14.4 Å². The van der Waals surface area contributed by atoms with Crippen molar-refractivity contribution in [2.45, 2.75) is 31.3 Å². The van der Waals surface area contributed by atoms with Crippen molar-refractivity contribution >= 4 is 23.9 Å². The molecule has 1 saturated heterocycles. The maximum Gasteiger partial charge on any atom is 0.338 e. The molecule has 5 amide bonds. The molecule has 1 fully saturated rings. The molecule has 174 valence electrons. The lowest BCUT2D eigenvalue weighted by atomic mass is 9.91. The summed E-state index contributed by atoms with van der Waals surface area (Å²) in [6.45, 7) is 1.55. The van der Waals surface area contributed by atoms with E-state index in [1.807, 2.05) is 30.3 Å². The summed E-state index contributed by atoms with van der Waals surface area (Å²) in [5, 5.41) is 8.24. The van der Waals surface area contributed by atoms with E-state index in [0.29, 0.717) is 18.4 Å². The SMILES string of the molecule is CCOC(=O)C1=C(CN2C(=O)NC3(CCc4ccccc43)C2=O)NC(=O)NC1c1ccccc1. The van der Waals surface area contributed by atoms with Gasteiger partial charge in [-0.15, -0.1) is 0 Å². The molecule has 3 N–H and O–H groups in total. The lowest BCUT2D eigenvalue weighted by Crippen LogP contribution is -2.49. The van der Waals surface area contributed by atoms with Crippen LogP contribution in [0.1, 0.15) is 36.1 Å². The summed E-state index contributed by atoms with van der Waals surface area (Å²) >= 11 is 0. The monoisotopic (exact) mass is 460 g/mol. The van der Waals surface area contributed by atoms with Gasteiger partial charge in [0.15, 0.2) is 0 Å². The first-order valence-corrected chi connectivity index (χ1v) is 11.2. The molecule has 0 aromatic heterocycles. The second-order valence-corrected chi connectivity index (χ2v) is 8.44. The number of fused-ring (bicyclic) bond motifs is 2. The second-order valence-electron chi connectivity index (χ2n) is 8.44. The summed E-state index contributed by atoms with van der Waals surface area (Å²) in [6.07, 6.45) is 1.13. The van der Waals surface area contributed by atoms with Gasteiger partial charge in [-0.3, -0.25) is 9.69 Å². The zero-order chi connectivity index (χ0) is 23.9. The van der Waals surface area contributed by atoms with Gasteiger partial charge in [-0.2, -0.15) is 0 Å². The molecule has 2 aliphatic heterocycles. The Kier molecular flexibility index (Phi) is 5.31. The van der Waals surface area contributed by atoms with Crippen molar-refractivity contribution in [3.05, 3.63) is 82.6 Å². The molecule has 3 aliphatic rings. The molecule has 5 rings (SSSR count). The average molecular weight is 460 g/mol. The minimum absolute atomic E-state index is 0.133. The highest BCUT2D eigenvalue weighted by Crippen LogP contribution is 2.41. The van der Waals surface area contributed by atoms with E-state index >= 15 is 0 Å². The van der Waals surface area contributed by atoms with Crippen LogP contribution in [0.25, 0.3) is 0 Å². The average Bonchev–Trinajstić information content (AvgIpc) is 3.32. The molecule has 2 unspecified atom stereocenters. The van der Waals surface area contributed by atoms with Crippen molar-refractivity contribution in [3.63, 3.8) is 0 Å². The van der Waals surface area contributed by atoms with Gasteiger partial charge in [-0.05, 0) is 36.5 Å². The third-order valence-corrected chi connectivity index (χ3v) is 6.52. The van der Waals surface area contributed by atoms with E-state index in [9.17, 15) is 19.2 Å². The van der Waals surface area contributed by atoms with Crippen LogP contribution in [-0.4, -0.2) is 42.0 Å². The Bertz CT molecular complexity index is 1220. The van der Waals surface area contributed by atoms with Crippen LogP contribution < -0.4 is 16.0 Å². The van der Waals surface area contributed by atoms with Crippen molar-refractivity contribution in [1.82, 2.24) is 20.9 Å². The molecule has 0 bridgehead atoms. The molecule has 2 atom stereocenters. The molecule has 2 heterocycles. The quantitative estimate of drug-likeness (QED) is 0.467. The number of ether oxygens (including phenoxy) is 1. The number of nitrogens with one attached hydrogen (secondary N) is 3. The maximum atomic E-state index is 13.6. The first-order chi connectivity index (χ1) is 16.4. The molecule has 0 radical (unpaired) electrons. The highest BCUT2D eigenvalue weighted by Gasteiger charge is 2.55.